The van der Waals surface area contributed by atoms with Gasteiger partial charge in [-0.15, -0.1) is 0 Å². The number of unbranched alkanes of at least 4 members (excludes halogenated alkanes) is 1. The summed E-state index contributed by atoms with van der Waals surface area (Å²) in [5.74, 6) is 0. The number of nitrogens with one attached hydrogen (secondary N) is 1. The second-order valence-corrected chi connectivity index (χ2v) is 11.6. The number of aryl methyl sites for hydroxylation is 1. The normalized spacial score (nSPS) is 14.3. The van der Waals surface area contributed by atoms with Crippen molar-refractivity contribution in [2.45, 2.75) is 38.0 Å². The van der Waals surface area contributed by atoms with Crippen LogP contribution in [0.15, 0.2) is 114 Å². The summed E-state index contributed by atoms with van der Waals surface area (Å²) in [6.07, 6.45) is 7.89. The van der Waals surface area contributed by atoms with Gasteiger partial charge in [0.25, 0.3) is 0 Å². The Balaban J connectivity index is 0.000000270. The highest BCUT2D eigenvalue weighted by Crippen LogP contribution is 2.48. The Morgan fingerprint density at radius 3 is 2.21 bits per heavy atom. The van der Waals surface area contributed by atoms with Gasteiger partial charge < -0.3 is 9.87 Å². The van der Waals surface area contributed by atoms with Gasteiger partial charge in [-0.3, -0.25) is 4.48 Å². The van der Waals surface area contributed by atoms with Gasteiger partial charge >= 0.3 is 0 Å². The topological polar surface area (TPSA) is 69.2 Å². The zero-order chi connectivity index (χ0) is 28.0. The third-order valence-electron chi connectivity index (χ3n) is 7.08. The first-order chi connectivity index (χ1) is 18.6. The molecule has 6 heteroatoms. The minimum Gasteiger partial charge on any atom is -0.744 e. The summed E-state index contributed by atoms with van der Waals surface area (Å²) in [5, 5.41) is 6.12. The molecule has 0 fully saturated rings. The maximum atomic E-state index is 10.4. The molecule has 4 aromatic carbocycles. The zero-order valence-electron chi connectivity index (χ0n) is 23.0. The first kappa shape index (κ1) is 28.3. The van der Waals surface area contributed by atoms with Crippen molar-refractivity contribution >= 4 is 37.8 Å². The zero-order valence-corrected chi connectivity index (χ0v) is 23.8. The van der Waals surface area contributed by atoms with Crippen LogP contribution in [0.2, 0.25) is 0 Å². The molecule has 0 aliphatic carbocycles. The fourth-order valence-electron chi connectivity index (χ4n) is 4.99. The first-order valence-electron chi connectivity index (χ1n) is 13.2. The molecule has 0 unspecified atom stereocenters. The van der Waals surface area contributed by atoms with E-state index in [-0.39, 0.29) is 4.90 Å². The quantitative estimate of drug-likeness (QED) is 0.191. The highest BCUT2D eigenvalue weighted by atomic mass is 32.2. The Hall–Kier alpha value is -3.71. The molecule has 0 saturated heterocycles. The molecule has 0 radical (unpaired) electrons. The lowest BCUT2D eigenvalue weighted by atomic mass is 9.94. The number of fused-ring (bicyclic) bond motifs is 3. The van der Waals surface area contributed by atoms with Gasteiger partial charge in [-0.05, 0) is 60.9 Å². The molecule has 0 atom stereocenters. The maximum absolute atomic E-state index is 10.4. The molecule has 0 amide bonds. The smallest absolute Gasteiger partial charge is 0.145 e. The number of benzene rings is 4. The number of likely N-dealkylation sites (N-methyl/N-ethyl adjacent to an activating group) is 1. The third-order valence-corrected chi connectivity index (χ3v) is 7.93. The Kier molecular flexibility index (Phi) is 8.70. The predicted molar refractivity (Wildman–Crippen MR) is 162 cm³/mol. The molecule has 1 N–H and O–H groups in total. The average molecular weight is 541 g/mol. The Morgan fingerprint density at radius 1 is 0.872 bits per heavy atom. The van der Waals surface area contributed by atoms with Crippen molar-refractivity contribution in [1.82, 2.24) is 4.48 Å². The van der Waals surface area contributed by atoms with Crippen LogP contribution in [-0.2, 0) is 10.1 Å². The Bertz CT molecular complexity index is 1600. The van der Waals surface area contributed by atoms with E-state index in [1.165, 1.54) is 58.3 Å². The summed E-state index contributed by atoms with van der Waals surface area (Å²) in [6.45, 7) is 4.09. The minimum atomic E-state index is -4.27. The van der Waals surface area contributed by atoms with Gasteiger partial charge in [0.2, 0.25) is 0 Å². The molecular weight excluding hydrogens is 504 g/mol. The van der Waals surface area contributed by atoms with Crippen LogP contribution in [0.25, 0.3) is 16.3 Å². The van der Waals surface area contributed by atoms with E-state index in [0.717, 1.165) is 22.2 Å². The SMILES string of the molecule is CCCCC1=C(C=CNc2ccccc2)[N+](C)(C)c2ccc3ccccc3c21.Cc1ccc(S(=O)(=O)[O-])cc1. The van der Waals surface area contributed by atoms with E-state index < -0.39 is 10.1 Å². The molecule has 5 rings (SSSR count). The summed E-state index contributed by atoms with van der Waals surface area (Å²) in [7, 11) is 0.331. The third kappa shape index (κ3) is 6.48. The molecule has 1 heterocycles. The van der Waals surface area contributed by atoms with Gasteiger partial charge in [0.05, 0.1) is 24.6 Å². The molecule has 0 spiro atoms. The highest BCUT2D eigenvalue weighted by molar-refractivity contribution is 7.85. The number of hydrogen-bond acceptors (Lipinski definition) is 4. The summed E-state index contributed by atoms with van der Waals surface area (Å²) in [6, 6.07) is 29.5. The minimum absolute atomic E-state index is 0.178. The highest BCUT2D eigenvalue weighted by Gasteiger charge is 2.38. The van der Waals surface area contributed by atoms with Gasteiger partial charge in [0.1, 0.15) is 21.5 Å². The fourth-order valence-corrected chi connectivity index (χ4v) is 5.46. The van der Waals surface area contributed by atoms with E-state index in [0.29, 0.717) is 0 Å². The van der Waals surface area contributed by atoms with Crippen LogP contribution in [0.4, 0.5) is 11.4 Å². The first-order valence-corrected chi connectivity index (χ1v) is 14.6. The molecule has 1 aliphatic heterocycles. The van der Waals surface area contributed by atoms with E-state index >= 15 is 0 Å². The molecule has 0 saturated carbocycles. The number of allylic oxidation sites excluding steroid dienone is 2. The van der Waals surface area contributed by atoms with E-state index in [1.54, 1.807) is 12.1 Å². The largest absolute Gasteiger partial charge is 0.744 e. The van der Waals surface area contributed by atoms with Gasteiger partial charge in [-0.1, -0.05) is 73.5 Å². The van der Waals surface area contributed by atoms with Crippen molar-refractivity contribution in [3.05, 3.63) is 120 Å². The summed E-state index contributed by atoms with van der Waals surface area (Å²) >= 11 is 0. The van der Waals surface area contributed by atoms with Crippen molar-refractivity contribution in [1.29, 1.82) is 0 Å². The summed E-state index contributed by atoms with van der Waals surface area (Å²) in [4.78, 5) is -0.178. The van der Waals surface area contributed by atoms with Crippen molar-refractivity contribution in [3.63, 3.8) is 0 Å². The number of quaternary nitrogens is 1. The van der Waals surface area contributed by atoms with E-state index in [9.17, 15) is 13.0 Å². The molecule has 202 valence electrons. The number of hydrogen-bond donors (Lipinski definition) is 1. The monoisotopic (exact) mass is 540 g/mol. The van der Waals surface area contributed by atoms with Crippen LogP contribution in [-0.4, -0.2) is 27.1 Å². The van der Waals surface area contributed by atoms with Crippen LogP contribution in [0, 0.1) is 6.92 Å². The molecule has 0 bridgehead atoms. The van der Waals surface area contributed by atoms with Crippen LogP contribution in [0.1, 0.15) is 37.3 Å². The molecule has 39 heavy (non-hydrogen) atoms. The van der Waals surface area contributed by atoms with Crippen molar-refractivity contribution in [2.24, 2.45) is 0 Å². The van der Waals surface area contributed by atoms with E-state index in [4.69, 9.17) is 0 Å². The molecule has 0 aromatic heterocycles. The van der Waals surface area contributed by atoms with Gasteiger partial charge in [-0.2, -0.15) is 0 Å². The summed E-state index contributed by atoms with van der Waals surface area (Å²) in [5.41, 5.74) is 7.74. The number of rotatable bonds is 7. The lowest BCUT2D eigenvalue weighted by Crippen LogP contribution is -2.36. The lowest BCUT2D eigenvalue weighted by molar-refractivity contribution is 0.463. The van der Waals surface area contributed by atoms with Crippen LogP contribution in [0.3, 0.4) is 0 Å². The number of para-hydroxylation sites is 1. The van der Waals surface area contributed by atoms with Gasteiger partial charge in [-0.25, -0.2) is 8.42 Å². The summed E-state index contributed by atoms with van der Waals surface area (Å²) < 4.78 is 31.9. The Morgan fingerprint density at radius 2 is 1.54 bits per heavy atom. The molecule has 4 aromatic rings. The van der Waals surface area contributed by atoms with E-state index in [1.807, 2.05) is 13.0 Å². The van der Waals surface area contributed by atoms with Crippen LogP contribution < -0.4 is 9.80 Å². The Labute approximate surface area is 232 Å². The van der Waals surface area contributed by atoms with E-state index in [2.05, 4.69) is 99.3 Å². The second-order valence-electron chi connectivity index (χ2n) is 10.2. The van der Waals surface area contributed by atoms with Crippen molar-refractivity contribution < 1.29 is 13.0 Å². The van der Waals surface area contributed by atoms with Gasteiger partial charge in [0.15, 0.2) is 0 Å². The molecule has 5 nitrogen and oxygen atoms in total. The van der Waals surface area contributed by atoms with Crippen molar-refractivity contribution in [3.8, 4) is 0 Å². The van der Waals surface area contributed by atoms with Crippen molar-refractivity contribution in [2.75, 3.05) is 19.4 Å². The second kappa shape index (κ2) is 12.0. The van der Waals surface area contributed by atoms with Crippen LogP contribution >= 0.6 is 0 Å². The standard InChI is InChI=1S/C26H29N2.C7H8O3S/c1-4-5-14-23-24(18-19-27-21-12-7-6-8-13-21)28(2,3)25-17-16-20-11-9-10-15-22(20)26(23)25;1-6-2-4-7(5-3-6)11(8,9)10/h6-13,15-19,27H,4-5,14H2,1-3H3;2-5H,1H3,(H,8,9,10)/q+1;/p-1. The molecular formula is C33H36N2O3S. The van der Waals surface area contributed by atoms with Gasteiger partial charge in [0, 0.05) is 29.6 Å². The average Bonchev–Trinajstić information content (AvgIpc) is 3.14. The van der Waals surface area contributed by atoms with Crippen LogP contribution in [0.5, 0.6) is 0 Å². The number of nitrogens with zero attached hydrogens (tertiary/aromatic N) is 1. The maximum Gasteiger partial charge on any atom is 0.145 e. The fraction of sp³-hybridized carbons (Fsp3) is 0.212. The number of anilines is 1. The predicted octanol–water partition coefficient (Wildman–Crippen LogP) is 7.85. The molecule has 1 aliphatic rings. The lowest BCUT2D eigenvalue weighted by Gasteiger charge is -2.26.